The van der Waals surface area contributed by atoms with Crippen molar-refractivity contribution in [3.63, 3.8) is 0 Å². The molecule has 28 heavy (non-hydrogen) atoms. The summed E-state index contributed by atoms with van der Waals surface area (Å²) in [5, 5.41) is 11.6. The molecule has 0 aromatic heterocycles. The van der Waals surface area contributed by atoms with Gasteiger partial charge in [0.05, 0.1) is 37.0 Å². The fourth-order valence-corrected chi connectivity index (χ4v) is 4.89. The first-order valence-corrected chi connectivity index (χ1v) is 10.8. The Morgan fingerprint density at radius 2 is 1.89 bits per heavy atom. The minimum Gasteiger partial charge on any atom is -0.450 e. The topological polar surface area (TPSA) is 121 Å². The minimum atomic E-state index is -0.746. The Balaban J connectivity index is 1.44. The normalized spacial score (nSPS) is 31.2. The molecule has 0 aromatic carbocycles. The highest BCUT2D eigenvalue weighted by Gasteiger charge is 2.37. The highest BCUT2D eigenvalue weighted by atomic mass is 32.2. The van der Waals surface area contributed by atoms with Crippen LogP contribution in [0.4, 0.5) is 4.79 Å². The summed E-state index contributed by atoms with van der Waals surface area (Å²) >= 11 is 1.53. The van der Waals surface area contributed by atoms with Crippen molar-refractivity contribution in [2.24, 2.45) is 11.8 Å². The number of hydrogen-bond acceptors (Lipinski definition) is 9. The molecule has 158 valence electrons. The van der Waals surface area contributed by atoms with Crippen LogP contribution in [0.3, 0.4) is 0 Å². The zero-order valence-corrected chi connectivity index (χ0v) is 16.9. The van der Waals surface area contributed by atoms with Crippen LogP contribution in [-0.2, 0) is 19.1 Å². The first-order chi connectivity index (χ1) is 13.6. The van der Waals surface area contributed by atoms with Crippen molar-refractivity contribution in [1.82, 2.24) is 26.2 Å². The molecule has 0 spiro atoms. The Hall–Kier alpha value is -1.40. The van der Waals surface area contributed by atoms with Crippen LogP contribution >= 0.6 is 11.8 Å². The maximum absolute atomic E-state index is 12.7. The van der Waals surface area contributed by atoms with Crippen molar-refractivity contribution >= 4 is 29.7 Å². The third-order valence-corrected chi connectivity index (χ3v) is 6.39. The zero-order chi connectivity index (χ0) is 19.9. The van der Waals surface area contributed by atoms with E-state index in [4.69, 9.17) is 9.47 Å². The van der Waals surface area contributed by atoms with E-state index in [0.717, 1.165) is 32.1 Å². The molecule has 3 amide bonds. The molecule has 3 fully saturated rings. The van der Waals surface area contributed by atoms with Gasteiger partial charge >= 0.3 is 6.09 Å². The molecular weight excluding hydrogens is 386 g/mol. The van der Waals surface area contributed by atoms with Gasteiger partial charge in [0.2, 0.25) is 11.8 Å². The zero-order valence-electron chi connectivity index (χ0n) is 16.1. The predicted molar refractivity (Wildman–Crippen MR) is 103 cm³/mol. The van der Waals surface area contributed by atoms with Gasteiger partial charge in [0.15, 0.2) is 0 Å². The second-order valence-corrected chi connectivity index (χ2v) is 8.22. The van der Waals surface area contributed by atoms with Gasteiger partial charge in [-0.1, -0.05) is 0 Å². The first kappa shape index (κ1) is 21.3. The molecular formula is C17H29N5O5S. The number of nitrogens with one attached hydrogen (secondary N) is 4. The molecule has 3 rings (SSSR count). The van der Waals surface area contributed by atoms with Crippen LogP contribution in [0.1, 0.15) is 13.3 Å². The third-order valence-electron chi connectivity index (χ3n) is 5.11. The van der Waals surface area contributed by atoms with E-state index >= 15 is 0 Å². The van der Waals surface area contributed by atoms with Gasteiger partial charge in [-0.15, -0.1) is 11.8 Å². The second-order valence-electron chi connectivity index (χ2n) is 6.97. The standard InChI is InChI=1S/C17H29N5O5S/c1-2-27-17(25)21-14(24)12-3-8-28-15(12)20-13(23)11-9-18-16(19-10-11)22-4-6-26-7-5-22/h11-12,15-16,18-19H,2-10H2,1H3,(H,20,23)(H,21,24,25). The van der Waals surface area contributed by atoms with E-state index in [-0.39, 0.29) is 30.1 Å². The van der Waals surface area contributed by atoms with Crippen LogP contribution < -0.4 is 21.3 Å². The number of hydrogen-bond donors (Lipinski definition) is 4. The molecule has 0 radical (unpaired) electrons. The number of thioether (sulfide) groups is 1. The molecule has 4 N–H and O–H groups in total. The summed E-state index contributed by atoms with van der Waals surface area (Å²) in [5.74, 6) is -0.391. The highest BCUT2D eigenvalue weighted by molar-refractivity contribution is 8.00. The lowest BCUT2D eigenvalue weighted by atomic mass is 10.0. The maximum atomic E-state index is 12.7. The molecule has 0 saturated carbocycles. The second kappa shape index (κ2) is 10.4. The molecule has 3 heterocycles. The molecule has 3 aliphatic rings. The van der Waals surface area contributed by atoms with Crippen LogP contribution in [0, 0.1) is 11.8 Å². The number of ether oxygens (including phenoxy) is 2. The van der Waals surface area contributed by atoms with E-state index in [1.807, 2.05) is 0 Å². The molecule has 10 nitrogen and oxygen atoms in total. The number of rotatable bonds is 5. The van der Waals surface area contributed by atoms with E-state index in [1.165, 1.54) is 11.8 Å². The Bertz CT molecular complexity index is 566. The van der Waals surface area contributed by atoms with Gasteiger partial charge in [-0.05, 0) is 19.1 Å². The molecule has 3 aliphatic heterocycles. The van der Waals surface area contributed by atoms with Crippen LogP contribution in [0.5, 0.6) is 0 Å². The van der Waals surface area contributed by atoms with Crippen molar-refractivity contribution in [3.05, 3.63) is 0 Å². The number of imide groups is 1. The van der Waals surface area contributed by atoms with Crippen LogP contribution in [0.25, 0.3) is 0 Å². The monoisotopic (exact) mass is 415 g/mol. The number of nitrogens with zero attached hydrogens (tertiary/aromatic N) is 1. The van der Waals surface area contributed by atoms with E-state index in [1.54, 1.807) is 6.92 Å². The van der Waals surface area contributed by atoms with Gasteiger partial charge in [0.25, 0.3) is 0 Å². The average Bonchev–Trinajstić information content (AvgIpc) is 3.17. The predicted octanol–water partition coefficient (Wildman–Crippen LogP) is -1.12. The quantitative estimate of drug-likeness (QED) is 0.442. The van der Waals surface area contributed by atoms with Gasteiger partial charge in [0.1, 0.15) is 6.29 Å². The summed E-state index contributed by atoms with van der Waals surface area (Å²) in [6.07, 6.45) is -0.0811. The number of amides is 3. The maximum Gasteiger partial charge on any atom is 0.413 e. The molecule has 2 atom stereocenters. The highest BCUT2D eigenvalue weighted by Crippen LogP contribution is 2.31. The Labute approximate surface area is 168 Å². The summed E-state index contributed by atoms with van der Waals surface area (Å²) in [5.41, 5.74) is 0. The Morgan fingerprint density at radius 3 is 2.57 bits per heavy atom. The van der Waals surface area contributed by atoms with Gasteiger partial charge in [0, 0.05) is 26.2 Å². The average molecular weight is 416 g/mol. The van der Waals surface area contributed by atoms with Crippen LogP contribution in [0.2, 0.25) is 0 Å². The first-order valence-electron chi connectivity index (χ1n) is 9.76. The number of carbonyl (C=O) groups excluding carboxylic acids is 3. The fraction of sp³-hybridized carbons (Fsp3) is 0.824. The lowest BCUT2D eigenvalue weighted by molar-refractivity contribution is -0.127. The summed E-state index contributed by atoms with van der Waals surface area (Å²) in [6, 6.07) is 0. The molecule has 2 unspecified atom stereocenters. The number of carbonyl (C=O) groups is 3. The molecule has 3 saturated heterocycles. The van der Waals surface area contributed by atoms with Crippen molar-refractivity contribution in [2.75, 3.05) is 51.8 Å². The molecule has 0 aliphatic carbocycles. The van der Waals surface area contributed by atoms with Crippen molar-refractivity contribution in [3.8, 4) is 0 Å². The molecule has 0 aromatic rings. The van der Waals surface area contributed by atoms with Crippen LogP contribution in [0.15, 0.2) is 0 Å². The Kier molecular flexibility index (Phi) is 7.91. The number of morpholine rings is 1. The summed E-state index contributed by atoms with van der Waals surface area (Å²) < 4.78 is 10.1. The largest absolute Gasteiger partial charge is 0.450 e. The number of alkyl carbamates (subject to hydrolysis) is 1. The summed E-state index contributed by atoms with van der Waals surface area (Å²) in [6.45, 7) is 6.17. The van der Waals surface area contributed by atoms with Gasteiger partial charge in [-0.2, -0.15) is 0 Å². The minimum absolute atomic E-state index is 0.0527. The lowest BCUT2D eigenvalue weighted by Gasteiger charge is -2.39. The van der Waals surface area contributed by atoms with Crippen molar-refractivity contribution in [2.45, 2.75) is 25.0 Å². The van der Waals surface area contributed by atoms with Gasteiger partial charge < -0.3 is 14.8 Å². The van der Waals surface area contributed by atoms with E-state index in [9.17, 15) is 14.4 Å². The van der Waals surface area contributed by atoms with Gasteiger partial charge in [-0.3, -0.25) is 30.4 Å². The van der Waals surface area contributed by atoms with Crippen molar-refractivity contribution in [1.29, 1.82) is 0 Å². The third kappa shape index (κ3) is 5.57. The molecule has 0 bridgehead atoms. The van der Waals surface area contributed by atoms with Crippen LogP contribution in [-0.4, -0.2) is 86.2 Å². The smallest absolute Gasteiger partial charge is 0.413 e. The summed E-state index contributed by atoms with van der Waals surface area (Å²) in [7, 11) is 0. The van der Waals surface area contributed by atoms with E-state index < -0.39 is 17.9 Å². The van der Waals surface area contributed by atoms with Gasteiger partial charge in [-0.25, -0.2) is 4.79 Å². The summed E-state index contributed by atoms with van der Waals surface area (Å²) in [4.78, 5) is 38.7. The van der Waals surface area contributed by atoms with Crippen molar-refractivity contribution < 1.29 is 23.9 Å². The van der Waals surface area contributed by atoms with E-state index in [2.05, 4.69) is 26.2 Å². The fourth-order valence-electron chi connectivity index (χ4n) is 3.55. The lowest BCUT2D eigenvalue weighted by Crippen LogP contribution is -2.64. The SMILES string of the molecule is CCOC(=O)NC(=O)C1CCSC1NC(=O)C1CNC(N2CCOCC2)NC1. The van der Waals surface area contributed by atoms with E-state index in [0.29, 0.717) is 19.5 Å². The molecule has 11 heteroatoms. The Morgan fingerprint density at radius 1 is 1.18 bits per heavy atom.